The molecule has 14 heavy (non-hydrogen) atoms. The van der Waals surface area contributed by atoms with Crippen molar-refractivity contribution in [2.24, 2.45) is 0 Å². The van der Waals surface area contributed by atoms with Gasteiger partial charge in [-0.3, -0.25) is 0 Å². The predicted octanol–water partition coefficient (Wildman–Crippen LogP) is 1.17. The zero-order valence-electron chi connectivity index (χ0n) is 8.07. The van der Waals surface area contributed by atoms with E-state index in [1.165, 1.54) is 6.20 Å². The fourth-order valence-electron chi connectivity index (χ4n) is 0.838. The number of aromatic nitrogens is 2. The van der Waals surface area contributed by atoms with E-state index in [1.807, 2.05) is 19.9 Å². The molecule has 0 saturated carbocycles. The molecule has 0 fully saturated rings. The van der Waals surface area contributed by atoms with Crippen molar-refractivity contribution in [1.29, 1.82) is 5.26 Å². The molecule has 0 aliphatic heterocycles. The number of terminal acetylenes is 1. The summed E-state index contributed by atoms with van der Waals surface area (Å²) >= 11 is 0. The van der Waals surface area contributed by atoms with E-state index in [0.717, 1.165) is 0 Å². The summed E-state index contributed by atoms with van der Waals surface area (Å²) in [7, 11) is 0. The molecule has 4 heteroatoms. The quantitative estimate of drug-likeness (QED) is 0.704. The summed E-state index contributed by atoms with van der Waals surface area (Å²) < 4.78 is 0. The number of nitriles is 1. The second-order valence-corrected chi connectivity index (χ2v) is 3.27. The molecule has 1 heterocycles. The van der Waals surface area contributed by atoms with Crippen LogP contribution in [0.3, 0.4) is 0 Å². The molecule has 0 aromatic carbocycles. The molecule has 0 unspecified atom stereocenters. The average molecular weight is 186 g/mol. The third kappa shape index (κ3) is 2.46. The second-order valence-electron chi connectivity index (χ2n) is 3.27. The van der Waals surface area contributed by atoms with Gasteiger partial charge in [0, 0.05) is 6.20 Å². The average Bonchev–Trinajstić information content (AvgIpc) is 2.17. The fourth-order valence-corrected chi connectivity index (χ4v) is 0.838. The van der Waals surface area contributed by atoms with E-state index < -0.39 is 5.54 Å². The van der Waals surface area contributed by atoms with Gasteiger partial charge >= 0.3 is 0 Å². The molecule has 70 valence electrons. The van der Waals surface area contributed by atoms with Gasteiger partial charge in [0.15, 0.2) is 0 Å². The van der Waals surface area contributed by atoms with E-state index in [0.29, 0.717) is 5.82 Å². The minimum atomic E-state index is -0.485. The van der Waals surface area contributed by atoms with Crippen LogP contribution in [-0.2, 0) is 0 Å². The van der Waals surface area contributed by atoms with Crippen LogP contribution in [0.4, 0.5) is 5.82 Å². The van der Waals surface area contributed by atoms with Gasteiger partial charge in [-0.2, -0.15) is 5.26 Å². The van der Waals surface area contributed by atoms with Gasteiger partial charge in [0.2, 0.25) is 5.82 Å². The predicted molar refractivity (Wildman–Crippen MR) is 53.3 cm³/mol. The van der Waals surface area contributed by atoms with Gasteiger partial charge in [-0.05, 0) is 19.9 Å². The molecule has 0 spiro atoms. The molecule has 0 atom stereocenters. The van der Waals surface area contributed by atoms with Crippen molar-refractivity contribution in [1.82, 2.24) is 9.97 Å². The Hall–Kier alpha value is -2.07. The molecular formula is C10H10N4. The summed E-state index contributed by atoms with van der Waals surface area (Å²) in [6, 6.07) is 3.52. The molecule has 1 aromatic heterocycles. The Morgan fingerprint density at radius 2 is 2.29 bits per heavy atom. The van der Waals surface area contributed by atoms with E-state index in [9.17, 15) is 0 Å². The molecule has 0 bridgehead atoms. The van der Waals surface area contributed by atoms with Crippen LogP contribution < -0.4 is 5.32 Å². The maximum absolute atomic E-state index is 8.57. The highest BCUT2D eigenvalue weighted by Gasteiger charge is 2.13. The maximum atomic E-state index is 8.57. The first-order valence-electron chi connectivity index (χ1n) is 4.06. The molecule has 1 aromatic rings. The first-order chi connectivity index (χ1) is 6.57. The number of hydrogen-bond donors (Lipinski definition) is 1. The van der Waals surface area contributed by atoms with Crippen LogP contribution in [0.1, 0.15) is 19.7 Å². The summed E-state index contributed by atoms with van der Waals surface area (Å²) in [6.45, 7) is 3.70. The first kappa shape index (κ1) is 10.0. The van der Waals surface area contributed by atoms with Gasteiger partial charge < -0.3 is 5.32 Å². The molecule has 1 rings (SSSR count). The van der Waals surface area contributed by atoms with E-state index in [4.69, 9.17) is 11.7 Å². The lowest BCUT2D eigenvalue weighted by molar-refractivity contribution is 0.734. The number of rotatable bonds is 2. The Kier molecular flexibility index (Phi) is 2.69. The second kappa shape index (κ2) is 3.76. The number of nitrogens with zero attached hydrogens (tertiary/aromatic N) is 3. The van der Waals surface area contributed by atoms with Crippen molar-refractivity contribution in [3.8, 4) is 18.4 Å². The number of anilines is 1. The molecule has 0 amide bonds. The van der Waals surface area contributed by atoms with E-state index in [-0.39, 0.29) is 5.82 Å². The lowest BCUT2D eigenvalue weighted by Crippen LogP contribution is -2.29. The first-order valence-corrected chi connectivity index (χ1v) is 4.06. The van der Waals surface area contributed by atoms with Crippen molar-refractivity contribution in [3.05, 3.63) is 18.1 Å². The minimum absolute atomic E-state index is 0.128. The monoisotopic (exact) mass is 186 g/mol. The van der Waals surface area contributed by atoms with Crippen LogP contribution in [0.2, 0.25) is 0 Å². The van der Waals surface area contributed by atoms with Crippen LogP contribution in [-0.4, -0.2) is 15.5 Å². The van der Waals surface area contributed by atoms with Gasteiger partial charge in [0.05, 0.1) is 5.54 Å². The highest BCUT2D eigenvalue weighted by molar-refractivity contribution is 5.40. The van der Waals surface area contributed by atoms with E-state index >= 15 is 0 Å². The Bertz CT molecular complexity index is 409. The van der Waals surface area contributed by atoms with Gasteiger partial charge in [0.25, 0.3) is 0 Å². The Morgan fingerprint density at radius 1 is 1.57 bits per heavy atom. The molecule has 0 aliphatic carbocycles. The highest BCUT2D eigenvalue weighted by atomic mass is 15.1. The largest absolute Gasteiger partial charge is 0.354 e. The van der Waals surface area contributed by atoms with Gasteiger partial charge in [-0.15, -0.1) is 6.42 Å². The SMILES string of the molecule is C#CC(C)(C)Nc1ccnc(C#N)n1. The zero-order valence-corrected chi connectivity index (χ0v) is 8.07. The lowest BCUT2D eigenvalue weighted by atomic mass is 10.1. The van der Waals surface area contributed by atoms with Crippen molar-refractivity contribution >= 4 is 5.82 Å². The summed E-state index contributed by atoms with van der Waals surface area (Å²) in [5.41, 5.74) is -0.485. The van der Waals surface area contributed by atoms with Gasteiger partial charge in [-0.25, -0.2) is 9.97 Å². The van der Waals surface area contributed by atoms with Crippen molar-refractivity contribution in [3.63, 3.8) is 0 Å². The van der Waals surface area contributed by atoms with Gasteiger partial charge in [-0.1, -0.05) is 5.92 Å². The van der Waals surface area contributed by atoms with E-state index in [1.54, 1.807) is 6.07 Å². The normalized spacial score (nSPS) is 10.0. The third-order valence-electron chi connectivity index (χ3n) is 1.56. The lowest BCUT2D eigenvalue weighted by Gasteiger charge is -2.19. The van der Waals surface area contributed by atoms with Crippen LogP contribution in [0.15, 0.2) is 12.3 Å². The van der Waals surface area contributed by atoms with Crippen molar-refractivity contribution in [2.75, 3.05) is 5.32 Å². The Balaban J connectivity index is 2.90. The van der Waals surface area contributed by atoms with Crippen molar-refractivity contribution in [2.45, 2.75) is 19.4 Å². The number of hydrogen-bond acceptors (Lipinski definition) is 4. The standard InChI is InChI=1S/C10H10N4/c1-4-10(2,3)14-8-5-6-12-9(7-11)13-8/h1,5-6H,2-3H3,(H,12,13,14). The minimum Gasteiger partial charge on any atom is -0.354 e. The van der Waals surface area contributed by atoms with E-state index in [2.05, 4.69) is 21.2 Å². The highest BCUT2D eigenvalue weighted by Crippen LogP contribution is 2.10. The van der Waals surface area contributed by atoms with Crippen LogP contribution in [0.5, 0.6) is 0 Å². The smallest absolute Gasteiger partial charge is 0.234 e. The molecule has 0 saturated heterocycles. The zero-order chi connectivity index (χ0) is 10.6. The summed E-state index contributed by atoms with van der Waals surface area (Å²) in [4.78, 5) is 7.70. The molecule has 1 N–H and O–H groups in total. The maximum Gasteiger partial charge on any atom is 0.234 e. The Morgan fingerprint density at radius 3 is 2.86 bits per heavy atom. The fraction of sp³-hybridized carbons (Fsp3) is 0.300. The number of nitrogens with one attached hydrogen (secondary N) is 1. The Labute approximate surface area is 83.0 Å². The molecule has 0 radical (unpaired) electrons. The summed E-state index contributed by atoms with van der Waals surface area (Å²) in [5, 5.41) is 11.6. The van der Waals surface area contributed by atoms with Crippen molar-refractivity contribution < 1.29 is 0 Å². The topological polar surface area (TPSA) is 61.6 Å². The molecule has 4 nitrogen and oxygen atoms in total. The molecule has 0 aliphatic rings. The third-order valence-corrected chi connectivity index (χ3v) is 1.56. The van der Waals surface area contributed by atoms with Crippen LogP contribution in [0.25, 0.3) is 0 Å². The molecular weight excluding hydrogens is 176 g/mol. The summed E-state index contributed by atoms with van der Waals surface area (Å²) in [5.74, 6) is 3.26. The van der Waals surface area contributed by atoms with Crippen LogP contribution >= 0.6 is 0 Å². The van der Waals surface area contributed by atoms with Crippen LogP contribution in [0, 0.1) is 23.7 Å². The van der Waals surface area contributed by atoms with Gasteiger partial charge in [0.1, 0.15) is 11.9 Å². The summed E-state index contributed by atoms with van der Waals surface area (Å²) in [6.07, 6.45) is 6.82.